The Balaban J connectivity index is 1.96. The first-order valence-electron chi connectivity index (χ1n) is 7.24. The molecule has 1 saturated heterocycles. The molecule has 21 heavy (non-hydrogen) atoms. The van der Waals surface area contributed by atoms with Gasteiger partial charge in [0.15, 0.2) is 0 Å². The average Bonchev–Trinajstić information content (AvgIpc) is 2.73. The molecule has 2 heterocycles. The number of likely N-dealkylation sites (tertiary alicyclic amines) is 1. The minimum absolute atomic E-state index is 0.0375. The normalized spacial score (nSPS) is 19.2. The number of nitriles is 1. The van der Waals surface area contributed by atoms with Gasteiger partial charge in [-0.05, 0) is 45.8 Å². The van der Waals surface area contributed by atoms with Gasteiger partial charge in [0.2, 0.25) is 5.91 Å². The maximum absolute atomic E-state index is 12.2. The smallest absolute Gasteiger partial charge is 0.239 e. The lowest BCUT2D eigenvalue weighted by atomic mass is 10.1. The van der Waals surface area contributed by atoms with Gasteiger partial charge in [0.05, 0.1) is 12.1 Å². The van der Waals surface area contributed by atoms with Crippen LogP contribution in [-0.2, 0) is 4.79 Å². The summed E-state index contributed by atoms with van der Waals surface area (Å²) in [5.41, 5.74) is 1.56. The predicted octanol–water partition coefficient (Wildman–Crippen LogP) is 1.86. The molecule has 1 aromatic rings. The summed E-state index contributed by atoms with van der Waals surface area (Å²) in [6.07, 6.45) is 2.27. The number of carbonyl (C=O) groups excluding carboxylic acids is 1. The van der Waals surface area contributed by atoms with Crippen molar-refractivity contribution in [2.75, 3.05) is 32.0 Å². The third kappa shape index (κ3) is 3.82. The number of amides is 1. The number of thiophene rings is 1. The summed E-state index contributed by atoms with van der Waals surface area (Å²) in [4.78, 5) is 15.4. The second kappa shape index (κ2) is 7.03. The first kappa shape index (κ1) is 16.0. The van der Waals surface area contributed by atoms with Gasteiger partial charge in [-0.3, -0.25) is 9.69 Å². The van der Waals surface area contributed by atoms with E-state index >= 15 is 0 Å². The standard InChI is InChI=1S/C15H22N4OS/c1-10-11(2)21-15(13(10)7-16)18-14(20)9-19-6-4-5-12(8-19)17-3/h12,17H,4-6,8-9H2,1-3H3,(H,18,20). The number of carbonyl (C=O) groups is 1. The van der Waals surface area contributed by atoms with Crippen LogP contribution < -0.4 is 10.6 Å². The Hall–Kier alpha value is -1.42. The fourth-order valence-corrected chi connectivity index (χ4v) is 3.68. The van der Waals surface area contributed by atoms with Crippen LogP contribution in [0.5, 0.6) is 0 Å². The summed E-state index contributed by atoms with van der Waals surface area (Å²) in [6, 6.07) is 2.65. The summed E-state index contributed by atoms with van der Waals surface area (Å²) in [7, 11) is 1.96. The van der Waals surface area contributed by atoms with Gasteiger partial charge < -0.3 is 10.6 Å². The van der Waals surface area contributed by atoms with Crippen molar-refractivity contribution in [2.45, 2.75) is 32.7 Å². The van der Waals surface area contributed by atoms with Crippen molar-refractivity contribution in [1.82, 2.24) is 10.2 Å². The molecule has 6 heteroatoms. The topological polar surface area (TPSA) is 68.2 Å². The Bertz CT molecular complexity index is 561. The highest BCUT2D eigenvalue weighted by atomic mass is 32.1. The molecule has 0 spiro atoms. The monoisotopic (exact) mass is 306 g/mol. The molecule has 2 N–H and O–H groups in total. The van der Waals surface area contributed by atoms with Gasteiger partial charge >= 0.3 is 0 Å². The number of nitrogens with zero attached hydrogens (tertiary/aromatic N) is 2. The third-order valence-corrected chi connectivity index (χ3v) is 5.15. The second-order valence-corrected chi connectivity index (χ2v) is 6.74. The third-order valence-electron chi connectivity index (χ3n) is 4.03. The molecule has 1 aromatic heterocycles. The van der Waals surface area contributed by atoms with Crippen LogP contribution in [0.25, 0.3) is 0 Å². The molecule has 0 aliphatic carbocycles. The quantitative estimate of drug-likeness (QED) is 0.891. The van der Waals surface area contributed by atoms with Gasteiger partial charge in [0.25, 0.3) is 0 Å². The molecule has 114 valence electrons. The first-order chi connectivity index (χ1) is 10.0. The molecule has 5 nitrogen and oxygen atoms in total. The Labute approximate surface area is 129 Å². The van der Waals surface area contributed by atoms with E-state index in [-0.39, 0.29) is 5.91 Å². The molecule has 1 amide bonds. The summed E-state index contributed by atoms with van der Waals surface area (Å²) in [6.45, 7) is 6.14. The SMILES string of the molecule is CNC1CCCN(CC(=O)Nc2sc(C)c(C)c2C#N)C1. The lowest BCUT2D eigenvalue weighted by Gasteiger charge is -2.31. The summed E-state index contributed by atoms with van der Waals surface area (Å²) in [5.74, 6) is -0.0375. The van der Waals surface area contributed by atoms with Gasteiger partial charge in [-0.15, -0.1) is 11.3 Å². The molecule has 1 aliphatic rings. The summed E-state index contributed by atoms with van der Waals surface area (Å²) in [5, 5.41) is 16.1. The minimum Gasteiger partial charge on any atom is -0.316 e. The van der Waals surface area contributed by atoms with E-state index in [0.29, 0.717) is 23.2 Å². The molecule has 1 fully saturated rings. The first-order valence-corrected chi connectivity index (χ1v) is 8.06. The number of likely N-dealkylation sites (N-methyl/N-ethyl adjacent to an activating group) is 1. The van der Waals surface area contributed by atoms with E-state index in [1.165, 1.54) is 11.3 Å². The second-order valence-electron chi connectivity index (χ2n) is 5.51. The van der Waals surface area contributed by atoms with E-state index in [0.717, 1.165) is 36.4 Å². The highest BCUT2D eigenvalue weighted by Gasteiger charge is 2.21. The molecule has 0 saturated carbocycles. The highest BCUT2D eigenvalue weighted by Crippen LogP contribution is 2.31. The number of rotatable bonds is 4. The van der Waals surface area contributed by atoms with Crippen molar-refractivity contribution in [3.63, 3.8) is 0 Å². The molecule has 1 unspecified atom stereocenters. The van der Waals surface area contributed by atoms with Crippen LogP contribution in [0.3, 0.4) is 0 Å². The van der Waals surface area contributed by atoms with Crippen molar-refractivity contribution in [2.24, 2.45) is 0 Å². The van der Waals surface area contributed by atoms with E-state index in [9.17, 15) is 10.1 Å². The largest absolute Gasteiger partial charge is 0.316 e. The predicted molar refractivity (Wildman–Crippen MR) is 85.7 cm³/mol. The van der Waals surface area contributed by atoms with Gasteiger partial charge in [-0.1, -0.05) is 0 Å². The zero-order valence-corrected chi connectivity index (χ0v) is 13.6. The Morgan fingerprint density at radius 3 is 2.95 bits per heavy atom. The van der Waals surface area contributed by atoms with E-state index in [1.807, 2.05) is 20.9 Å². The van der Waals surface area contributed by atoms with Crippen LogP contribution in [0.1, 0.15) is 28.8 Å². The molecule has 0 bridgehead atoms. The molecule has 2 rings (SSSR count). The number of piperidine rings is 1. The fourth-order valence-electron chi connectivity index (χ4n) is 2.65. The van der Waals surface area contributed by atoms with E-state index in [2.05, 4.69) is 21.6 Å². The lowest BCUT2D eigenvalue weighted by molar-refractivity contribution is -0.117. The number of hydrogen-bond donors (Lipinski definition) is 2. The highest BCUT2D eigenvalue weighted by molar-refractivity contribution is 7.16. The van der Waals surface area contributed by atoms with Crippen LogP contribution in [0.15, 0.2) is 0 Å². The molecule has 1 atom stereocenters. The van der Waals surface area contributed by atoms with Crippen molar-refractivity contribution in [3.8, 4) is 6.07 Å². The fraction of sp³-hybridized carbons (Fsp3) is 0.600. The van der Waals surface area contributed by atoms with Crippen molar-refractivity contribution >= 4 is 22.2 Å². The Kier molecular flexibility index (Phi) is 5.34. The van der Waals surface area contributed by atoms with Crippen LogP contribution >= 0.6 is 11.3 Å². The average molecular weight is 306 g/mol. The molecule has 1 aliphatic heterocycles. The van der Waals surface area contributed by atoms with Gasteiger partial charge in [-0.25, -0.2) is 0 Å². The number of nitrogens with one attached hydrogen (secondary N) is 2. The van der Waals surface area contributed by atoms with E-state index in [1.54, 1.807) is 0 Å². The van der Waals surface area contributed by atoms with Crippen LogP contribution in [-0.4, -0.2) is 43.5 Å². The summed E-state index contributed by atoms with van der Waals surface area (Å²) < 4.78 is 0. The summed E-state index contributed by atoms with van der Waals surface area (Å²) >= 11 is 1.48. The molecular weight excluding hydrogens is 284 g/mol. The zero-order valence-electron chi connectivity index (χ0n) is 12.8. The van der Waals surface area contributed by atoms with Gasteiger partial charge in [0.1, 0.15) is 11.1 Å². The van der Waals surface area contributed by atoms with Crippen LogP contribution in [0, 0.1) is 25.2 Å². The van der Waals surface area contributed by atoms with Crippen LogP contribution in [0.2, 0.25) is 0 Å². The number of hydrogen-bond acceptors (Lipinski definition) is 5. The van der Waals surface area contributed by atoms with E-state index < -0.39 is 0 Å². The molecule has 0 radical (unpaired) electrons. The minimum atomic E-state index is -0.0375. The molecule has 0 aromatic carbocycles. The van der Waals surface area contributed by atoms with E-state index in [4.69, 9.17) is 0 Å². The van der Waals surface area contributed by atoms with Crippen LogP contribution in [0.4, 0.5) is 5.00 Å². The van der Waals surface area contributed by atoms with Crippen molar-refractivity contribution in [3.05, 3.63) is 16.0 Å². The Morgan fingerprint density at radius 1 is 1.52 bits per heavy atom. The number of anilines is 1. The zero-order chi connectivity index (χ0) is 15.4. The molecular formula is C15H22N4OS. The maximum Gasteiger partial charge on any atom is 0.239 e. The lowest BCUT2D eigenvalue weighted by Crippen LogP contribution is -2.46. The van der Waals surface area contributed by atoms with Crippen molar-refractivity contribution in [1.29, 1.82) is 5.26 Å². The number of aryl methyl sites for hydroxylation is 1. The van der Waals surface area contributed by atoms with Gasteiger partial charge in [0, 0.05) is 17.5 Å². The Morgan fingerprint density at radius 2 is 2.29 bits per heavy atom. The van der Waals surface area contributed by atoms with Crippen molar-refractivity contribution < 1.29 is 4.79 Å². The maximum atomic E-state index is 12.2. The van der Waals surface area contributed by atoms with Gasteiger partial charge in [-0.2, -0.15) is 5.26 Å².